The summed E-state index contributed by atoms with van der Waals surface area (Å²) in [5, 5.41) is 12.1. The maximum absolute atomic E-state index is 14.1. The molecular formula is C26H21FN4O3S. The molecule has 1 fully saturated rings. The van der Waals surface area contributed by atoms with Gasteiger partial charge in [0.25, 0.3) is 5.91 Å². The fourth-order valence-corrected chi connectivity index (χ4v) is 5.98. The summed E-state index contributed by atoms with van der Waals surface area (Å²) >= 11 is 1.40. The molecular weight excluding hydrogens is 467 g/mol. The van der Waals surface area contributed by atoms with E-state index in [1.54, 1.807) is 42.3 Å². The average Bonchev–Trinajstić information content (AvgIpc) is 3.42. The molecule has 35 heavy (non-hydrogen) atoms. The van der Waals surface area contributed by atoms with Crippen molar-refractivity contribution in [3.63, 3.8) is 0 Å². The number of rotatable bonds is 4. The molecule has 2 heterocycles. The van der Waals surface area contributed by atoms with Crippen molar-refractivity contribution in [2.24, 2.45) is 0 Å². The molecule has 1 spiro atoms. The molecule has 1 atom stereocenters. The van der Waals surface area contributed by atoms with E-state index in [0.717, 1.165) is 5.56 Å². The molecule has 0 radical (unpaired) electrons. The zero-order valence-electron chi connectivity index (χ0n) is 18.8. The molecule has 0 saturated carbocycles. The lowest BCUT2D eigenvalue weighted by atomic mass is 10.1. The summed E-state index contributed by atoms with van der Waals surface area (Å²) in [6.07, 6.45) is 0. The number of methoxy groups -OCH3 is 1. The maximum Gasteiger partial charge on any atom is 0.323 e. The Morgan fingerprint density at radius 1 is 1.20 bits per heavy atom. The van der Waals surface area contributed by atoms with Crippen LogP contribution in [0.15, 0.2) is 66.7 Å². The number of thioether (sulfide) groups is 1. The van der Waals surface area contributed by atoms with Crippen LogP contribution in [-0.4, -0.2) is 36.2 Å². The molecule has 5 rings (SSSR count). The van der Waals surface area contributed by atoms with Gasteiger partial charge in [0.05, 0.1) is 31.0 Å². The summed E-state index contributed by atoms with van der Waals surface area (Å²) in [7, 11) is 1.55. The second-order valence-corrected chi connectivity index (χ2v) is 9.46. The van der Waals surface area contributed by atoms with Crippen LogP contribution in [0.25, 0.3) is 0 Å². The number of amides is 3. The lowest BCUT2D eigenvalue weighted by Crippen LogP contribution is -2.51. The van der Waals surface area contributed by atoms with Gasteiger partial charge in [-0.2, -0.15) is 5.26 Å². The largest absolute Gasteiger partial charge is 0.497 e. The van der Waals surface area contributed by atoms with E-state index in [4.69, 9.17) is 4.74 Å². The van der Waals surface area contributed by atoms with Crippen molar-refractivity contribution >= 4 is 35.1 Å². The zero-order valence-corrected chi connectivity index (χ0v) is 19.6. The van der Waals surface area contributed by atoms with Gasteiger partial charge < -0.3 is 15.0 Å². The number of hydrogen-bond acceptors (Lipinski definition) is 5. The van der Waals surface area contributed by atoms with Gasteiger partial charge in [-0.25, -0.2) is 9.18 Å². The number of benzene rings is 3. The van der Waals surface area contributed by atoms with Crippen LogP contribution in [0.3, 0.4) is 0 Å². The third kappa shape index (κ3) is 3.86. The lowest BCUT2D eigenvalue weighted by Gasteiger charge is -2.33. The summed E-state index contributed by atoms with van der Waals surface area (Å²) in [6, 6.07) is 19.7. The van der Waals surface area contributed by atoms with E-state index in [0.29, 0.717) is 40.5 Å². The first-order valence-corrected chi connectivity index (χ1v) is 11.9. The third-order valence-corrected chi connectivity index (χ3v) is 7.56. The number of hydrogen-bond donors (Lipinski definition) is 1. The van der Waals surface area contributed by atoms with Gasteiger partial charge >= 0.3 is 6.03 Å². The molecule has 1 N–H and O–H groups in total. The van der Waals surface area contributed by atoms with Gasteiger partial charge in [0.15, 0.2) is 4.87 Å². The van der Waals surface area contributed by atoms with Gasteiger partial charge in [-0.15, -0.1) is 11.8 Å². The second kappa shape index (κ2) is 8.96. The minimum Gasteiger partial charge on any atom is -0.497 e. The minimum absolute atomic E-state index is 0.236. The predicted molar refractivity (Wildman–Crippen MR) is 132 cm³/mol. The molecule has 3 aromatic carbocycles. The number of ether oxygens (including phenoxy) is 1. The van der Waals surface area contributed by atoms with Crippen molar-refractivity contribution in [3.05, 3.63) is 89.2 Å². The number of nitriles is 1. The first kappa shape index (κ1) is 22.7. The molecule has 176 valence electrons. The molecule has 0 aromatic heterocycles. The van der Waals surface area contributed by atoms with Crippen LogP contribution in [0.1, 0.15) is 16.7 Å². The highest BCUT2D eigenvalue weighted by Crippen LogP contribution is 2.55. The highest BCUT2D eigenvalue weighted by Gasteiger charge is 2.59. The summed E-state index contributed by atoms with van der Waals surface area (Å²) in [6.45, 7) is 0.612. The van der Waals surface area contributed by atoms with Crippen molar-refractivity contribution in [1.29, 1.82) is 5.26 Å². The zero-order chi connectivity index (χ0) is 24.6. The van der Waals surface area contributed by atoms with Gasteiger partial charge in [0.1, 0.15) is 11.6 Å². The van der Waals surface area contributed by atoms with Crippen molar-refractivity contribution < 1.29 is 18.7 Å². The average molecular weight is 489 g/mol. The number of nitrogens with zero attached hydrogens (tertiary/aromatic N) is 3. The molecule has 0 unspecified atom stereocenters. The molecule has 3 amide bonds. The number of carbonyl (C=O) groups excluding carboxylic acids is 2. The summed E-state index contributed by atoms with van der Waals surface area (Å²) in [5.41, 5.74) is 3.11. The SMILES string of the molecule is COc1ccc2c(c1)[C@@]1(SCCN1C(=O)Nc1ccc(F)cc1)C(=O)N2Cc1cccc(C#N)c1. The van der Waals surface area contributed by atoms with Crippen molar-refractivity contribution in [2.75, 3.05) is 29.6 Å². The quantitative estimate of drug-likeness (QED) is 0.576. The number of halogens is 1. The molecule has 0 bridgehead atoms. The van der Waals surface area contributed by atoms with Crippen LogP contribution in [-0.2, 0) is 16.2 Å². The summed E-state index contributed by atoms with van der Waals surface area (Å²) in [5.74, 6) is 0.506. The van der Waals surface area contributed by atoms with Crippen LogP contribution in [0.2, 0.25) is 0 Å². The molecule has 2 aliphatic rings. The number of anilines is 2. The molecule has 7 nitrogen and oxygen atoms in total. The Balaban J connectivity index is 1.54. The van der Waals surface area contributed by atoms with Gasteiger partial charge in [-0.05, 0) is 60.2 Å². The van der Waals surface area contributed by atoms with Gasteiger partial charge in [-0.3, -0.25) is 9.69 Å². The van der Waals surface area contributed by atoms with Crippen molar-refractivity contribution in [2.45, 2.75) is 11.4 Å². The first-order valence-electron chi connectivity index (χ1n) is 10.9. The Kier molecular flexibility index (Phi) is 5.83. The monoisotopic (exact) mass is 488 g/mol. The van der Waals surface area contributed by atoms with E-state index < -0.39 is 16.7 Å². The van der Waals surface area contributed by atoms with Crippen LogP contribution in [0.4, 0.5) is 20.6 Å². The Morgan fingerprint density at radius 2 is 2.00 bits per heavy atom. The minimum atomic E-state index is -1.26. The second-order valence-electron chi connectivity index (χ2n) is 8.17. The molecule has 3 aromatic rings. The fraction of sp³-hybridized carbons (Fsp3) is 0.192. The Labute approximate surface area is 206 Å². The standard InChI is InChI=1S/C26H21FN4O3S/c1-34-21-9-10-23-22(14-21)26(24(32)30(23)16-18-4-2-3-17(13-18)15-28)31(11-12-35-26)25(33)29-20-7-5-19(27)6-8-20/h2-10,13-14H,11-12,16H2,1H3,(H,29,33)/t26-/m1/s1. The first-order chi connectivity index (χ1) is 17.0. The highest BCUT2D eigenvalue weighted by molar-refractivity contribution is 8.01. The maximum atomic E-state index is 14.1. The smallest absolute Gasteiger partial charge is 0.323 e. The molecule has 1 saturated heterocycles. The van der Waals surface area contributed by atoms with Crippen LogP contribution >= 0.6 is 11.8 Å². The van der Waals surface area contributed by atoms with E-state index in [1.165, 1.54) is 40.9 Å². The normalized spacial score (nSPS) is 18.5. The number of fused-ring (bicyclic) bond motifs is 2. The lowest BCUT2D eigenvalue weighted by molar-refractivity contribution is -0.123. The molecule has 0 aliphatic carbocycles. The summed E-state index contributed by atoms with van der Waals surface area (Å²) < 4.78 is 18.8. The van der Waals surface area contributed by atoms with Crippen LogP contribution < -0.4 is 15.0 Å². The Hall–Kier alpha value is -4.03. The number of carbonyl (C=O) groups is 2. The molecule has 2 aliphatic heterocycles. The van der Waals surface area contributed by atoms with Gasteiger partial charge in [0, 0.05) is 23.5 Å². The van der Waals surface area contributed by atoms with Gasteiger partial charge in [-0.1, -0.05) is 12.1 Å². The van der Waals surface area contributed by atoms with E-state index in [9.17, 15) is 19.2 Å². The van der Waals surface area contributed by atoms with E-state index in [1.807, 2.05) is 12.1 Å². The van der Waals surface area contributed by atoms with E-state index in [2.05, 4.69) is 11.4 Å². The van der Waals surface area contributed by atoms with E-state index >= 15 is 0 Å². The summed E-state index contributed by atoms with van der Waals surface area (Å²) in [4.78, 5) is 29.4. The Morgan fingerprint density at radius 3 is 2.74 bits per heavy atom. The third-order valence-electron chi connectivity index (χ3n) is 6.14. The van der Waals surface area contributed by atoms with Crippen molar-refractivity contribution in [3.8, 4) is 11.8 Å². The predicted octanol–water partition coefficient (Wildman–Crippen LogP) is 4.69. The fourth-order valence-electron chi connectivity index (χ4n) is 4.52. The van der Waals surface area contributed by atoms with Crippen LogP contribution in [0, 0.1) is 17.1 Å². The number of urea groups is 1. The van der Waals surface area contributed by atoms with Gasteiger partial charge in [0.2, 0.25) is 0 Å². The molecule has 9 heteroatoms. The Bertz CT molecular complexity index is 1360. The highest BCUT2D eigenvalue weighted by atomic mass is 32.2. The van der Waals surface area contributed by atoms with Crippen LogP contribution in [0.5, 0.6) is 5.75 Å². The van der Waals surface area contributed by atoms with E-state index in [-0.39, 0.29) is 12.5 Å². The van der Waals surface area contributed by atoms with Crippen molar-refractivity contribution in [1.82, 2.24) is 4.90 Å². The number of nitrogens with one attached hydrogen (secondary N) is 1. The topological polar surface area (TPSA) is 85.7 Å².